The van der Waals surface area contributed by atoms with Gasteiger partial charge in [-0.25, -0.2) is 0 Å². The van der Waals surface area contributed by atoms with E-state index in [4.69, 9.17) is 0 Å². The van der Waals surface area contributed by atoms with Gasteiger partial charge in [0.15, 0.2) is 5.78 Å². The van der Waals surface area contributed by atoms with Gasteiger partial charge < -0.3 is 0 Å². The molecular formula is C15H14O2. The summed E-state index contributed by atoms with van der Waals surface area (Å²) >= 11 is 0. The first-order chi connectivity index (χ1) is 8.17. The minimum absolute atomic E-state index is 0.117. The Morgan fingerprint density at radius 2 is 2.06 bits per heavy atom. The van der Waals surface area contributed by atoms with Crippen molar-refractivity contribution in [3.63, 3.8) is 0 Å². The molecule has 1 unspecified atom stereocenters. The number of allylic oxidation sites excluding steroid dienone is 3. The maximum Gasteiger partial charge on any atom is 0.173 e. The Bertz CT molecular complexity index is 511. The molecule has 0 amide bonds. The second kappa shape index (κ2) is 4.50. The number of benzene rings is 1. The fourth-order valence-electron chi connectivity index (χ4n) is 2.04. The third kappa shape index (κ3) is 2.11. The quantitative estimate of drug-likeness (QED) is 0.586. The fraction of sp³-hybridized carbons (Fsp3) is 0.200. The summed E-state index contributed by atoms with van der Waals surface area (Å²) in [6, 6.07) is 7.58. The van der Waals surface area contributed by atoms with Crippen LogP contribution in [0.4, 0.5) is 0 Å². The van der Waals surface area contributed by atoms with Gasteiger partial charge in [0, 0.05) is 5.56 Å². The van der Waals surface area contributed by atoms with Crippen LogP contribution in [0.5, 0.6) is 0 Å². The highest BCUT2D eigenvalue weighted by Gasteiger charge is 2.33. The van der Waals surface area contributed by atoms with E-state index in [1.165, 1.54) is 6.08 Å². The van der Waals surface area contributed by atoms with E-state index in [-0.39, 0.29) is 5.78 Å². The van der Waals surface area contributed by atoms with Crippen molar-refractivity contribution in [3.05, 3.63) is 53.6 Å². The monoisotopic (exact) mass is 226 g/mol. The molecule has 0 fully saturated rings. The molecule has 2 rings (SSSR count). The number of carbonyl (C=O) groups is 2. The zero-order valence-electron chi connectivity index (χ0n) is 9.72. The van der Waals surface area contributed by atoms with E-state index in [9.17, 15) is 9.59 Å². The Morgan fingerprint density at radius 1 is 1.29 bits per heavy atom. The first kappa shape index (κ1) is 11.5. The van der Waals surface area contributed by atoms with E-state index in [0.717, 1.165) is 17.4 Å². The van der Waals surface area contributed by atoms with Crippen LogP contribution in [0, 0.1) is 5.41 Å². The van der Waals surface area contributed by atoms with Gasteiger partial charge in [0.2, 0.25) is 0 Å². The summed E-state index contributed by atoms with van der Waals surface area (Å²) in [4.78, 5) is 22.6. The van der Waals surface area contributed by atoms with E-state index in [0.29, 0.717) is 6.42 Å². The van der Waals surface area contributed by atoms with Crippen LogP contribution in [0.25, 0.3) is 6.08 Å². The van der Waals surface area contributed by atoms with Crippen molar-refractivity contribution < 1.29 is 9.59 Å². The second-order valence-corrected chi connectivity index (χ2v) is 4.44. The molecule has 1 aromatic rings. The van der Waals surface area contributed by atoms with Gasteiger partial charge in [-0.15, -0.1) is 0 Å². The van der Waals surface area contributed by atoms with Crippen molar-refractivity contribution in [1.29, 1.82) is 0 Å². The molecule has 0 heterocycles. The molecule has 17 heavy (non-hydrogen) atoms. The smallest absolute Gasteiger partial charge is 0.173 e. The average Bonchev–Trinajstić information content (AvgIpc) is 2.35. The molecule has 0 saturated heterocycles. The van der Waals surface area contributed by atoms with Gasteiger partial charge in [0.05, 0.1) is 5.41 Å². The number of carbonyl (C=O) groups excluding carboxylic acids is 2. The van der Waals surface area contributed by atoms with Crippen LogP contribution < -0.4 is 0 Å². The highest BCUT2D eigenvalue weighted by molar-refractivity contribution is 6.06. The standard InChI is InChI=1S/C15H14O2/c1-15(9-4-5-11-16)10-8-12-6-2-3-7-13(12)14(15)17/h2-8,10-11H,9H2,1H3/b5-4+. The van der Waals surface area contributed by atoms with Gasteiger partial charge in [-0.3, -0.25) is 9.59 Å². The predicted octanol–water partition coefficient (Wildman–Crippen LogP) is 3.05. The molecule has 0 N–H and O–H groups in total. The number of hydrogen-bond donors (Lipinski definition) is 0. The summed E-state index contributed by atoms with van der Waals surface area (Å²) in [5.74, 6) is 0.117. The van der Waals surface area contributed by atoms with Crippen LogP contribution in [0.1, 0.15) is 29.3 Å². The molecule has 1 aliphatic rings. The van der Waals surface area contributed by atoms with Gasteiger partial charge >= 0.3 is 0 Å². The van der Waals surface area contributed by atoms with Gasteiger partial charge in [-0.2, -0.15) is 0 Å². The normalized spacial score (nSPS) is 22.8. The average molecular weight is 226 g/mol. The van der Waals surface area contributed by atoms with Crippen molar-refractivity contribution in [2.75, 3.05) is 0 Å². The molecule has 0 spiro atoms. The number of hydrogen-bond acceptors (Lipinski definition) is 2. The summed E-state index contributed by atoms with van der Waals surface area (Å²) in [5, 5.41) is 0. The minimum atomic E-state index is -0.534. The van der Waals surface area contributed by atoms with Crippen LogP contribution >= 0.6 is 0 Å². The summed E-state index contributed by atoms with van der Waals surface area (Å²) in [6.07, 6.45) is 8.36. The molecule has 86 valence electrons. The number of fused-ring (bicyclic) bond motifs is 1. The van der Waals surface area contributed by atoms with Gasteiger partial charge in [-0.05, 0) is 25.0 Å². The largest absolute Gasteiger partial charge is 0.299 e. The zero-order chi connectivity index (χ0) is 12.3. The van der Waals surface area contributed by atoms with Crippen LogP contribution in [-0.2, 0) is 4.79 Å². The lowest BCUT2D eigenvalue weighted by atomic mass is 9.74. The lowest BCUT2D eigenvalue weighted by Gasteiger charge is -2.27. The number of ketones is 1. The Hall–Kier alpha value is -1.96. The first-order valence-electron chi connectivity index (χ1n) is 5.61. The van der Waals surface area contributed by atoms with Crippen molar-refractivity contribution >= 4 is 18.1 Å². The Kier molecular flexibility index (Phi) is 3.05. The molecule has 0 aromatic heterocycles. The summed E-state index contributed by atoms with van der Waals surface area (Å²) in [5.41, 5.74) is 1.19. The Balaban J connectivity index is 2.33. The maximum absolute atomic E-state index is 12.4. The van der Waals surface area contributed by atoms with Gasteiger partial charge in [-0.1, -0.05) is 42.5 Å². The van der Waals surface area contributed by atoms with Crippen molar-refractivity contribution in [2.45, 2.75) is 13.3 Å². The molecule has 0 bridgehead atoms. The molecule has 0 saturated carbocycles. The van der Waals surface area contributed by atoms with E-state index in [1.54, 1.807) is 6.08 Å². The van der Waals surface area contributed by atoms with Crippen molar-refractivity contribution in [1.82, 2.24) is 0 Å². The summed E-state index contributed by atoms with van der Waals surface area (Å²) < 4.78 is 0. The van der Waals surface area contributed by atoms with Gasteiger partial charge in [0.25, 0.3) is 0 Å². The number of Topliss-reactive ketones (excluding diaryl/α,β-unsaturated/α-hetero) is 1. The van der Waals surface area contributed by atoms with Crippen LogP contribution in [0.3, 0.4) is 0 Å². The second-order valence-electron chi connectivity index (χ2n) is 4.44. The first-order valence-corrected chi connectivity index (χ1v) is 5.61. The van der Waals surface area contributed by atoms with E-state index < -0.39 is 5.41 Å². The molecule has 1 atom stereocenters. The predicted molar refractivity (Wildman–Crippen MR) is 67.7 cm³/mol. The Labute approximate surface area is 101 Å². The third-order valence-corrected chi connectivity index (χ3v) is 3.11. The van der Waals surface area contributed by atoms with Gasteiger partial charge in [0.1, 0.15) is 6.29 Å². The molecule has 1 aliphatic carbocycles. The van der Waals surface area contributed by atoms with Crippen molar-refractivity contribution in [3.8, 4) is 0 Å². The number of rotatable bonds is 3. The molecule has 1 aromatic carbocycles. The SMILES string of the molecule is CC1(C/C=C/C=O)C=Cc2ccccc2C1=O. The Morgan fingerprint density at radius 3 is 2.82 bits per heavy atom. The van der Waals surface area contributed by atoms with E-state index in [2.05, 4.69) is 0 Å². The molecule has 2 nitrogen and oxygen atoms in total. The molecular weight excluding hydrogens is 212 g/mol. The highest BCUT2D eigenvalue weighted by atomic mass is 16.1. The lowest BCUT2D eigenvalue weighted by Crippen LogP contribution is -2.28. The number of aldehydes is 1. The van der Waals surface area contributed by atoms with E-state index >= 15 is 0 Å². The minimum Gasteiger partial charge on any atom is -0.299 e. The molecule has 2 heteroatoms. The van der Waals surface area contributed by atoms with Crippen LogP contribution in [0.15, 0.2) is 42.5 Å². The fourth-order valence-corrected chi connectivity index (χ4v) is 2.04. The highest BCUT2D eigenvalue weighted by Crippen LogP contribution is 2.35. The summed E-state index contributed by atoms with van der Waals surface area (Å²) in [7, 11) is 0. The van der Waals surface area contributed by atoms with Crippen LogP contribution in [0.2, 0.25) is 0 Å². The topological polar surface area (TPSA) is 34.1 Å². The third-order valence-electron chi connectivity index (χ3n) is 3.11. The van der Waals surface area contributed by atoms with E-state index in [1.807, 2.05) is 43.3 Å². The van der Waals surface area contributed by atoms with Crippen LogP contribution in [-0.4, -0.2) is 12.1 Å². The van der Waals surface area contributed by atoms with Crippen molar-refractivity contribution in [2.24, 2.45) is 5.41 Å². The molecule has 0 aliphatic heterocycles. The summed E-state index contributed by atoms with van der Waals surface area (Å²) in [6.45, 7) is 1.90. The molecule has 0 radical (unpaired) electrons. The zero-order valence-corrected chi connectivity index (χ0v) is 9.72. The maximum atomic E-state index is 12.4. The lowest BCUT2D eigenvalue weighted by molar-refractivity contribution is -0.104.